The maximum Gasteiger partial charge on any atom is 0.263 e. The molecule has 1 aromatic rings. The van der Waals surface area contributed by atoms with E-state index in [0.29, 0.717) is 54.9 Å². The number of carbonyl (C=O) groups excluding carboxylic acids is 1. The third kappa shape index (κ3) is 3.74. The summed E-state index contributed by atoms with van der Waals surface area (Å²) in [6.07, 6.45) is 0.758. The number of hydrogen-bond acceptors (Lipinski definition) is 4. The van der Waals surface area contributed by atoms with Crippen LogP contribution in [0.4, 0.5) is 0 Å². The number of rotatable bonds is 3. The minimum absolute atomic E-state index is 0.0659. The summed E-state index contributed by atoms with van der Waals surface area (Å²) in [5.41, 5.74) is 0. The van der Waals surface area contributed by atoms with Crippen molar-refractivity contribution in [3.8, 4) is 5.75 Å². The largest absolute Gasteiger partial charge is 0.479 e. The van der Waals surface area contributed by atoms with Crippen LogP contribution in [-0.4, -0.2) is 49.0 Å². The van der Waals surface area contributed by atoms with Crippen LogP contribution < -0.4 is 4.74 Å². The van der Waals surface area contributed by atoms with E-state index in [0.717, 1.165) is 0 Å². The van der Waals surface area contributed by atoms with Gasteiger partial charge in [0, 0.05) is 31.0 Å². The Kier molecular flexibility index (Phi) is 5.01. The van der Waals surface area contributed by atoms with Crippen LogP contribution in [0.5, 0.6) is 5.75 Å². The van der Waals surface area contributed by atoms with Crippen LogP contribution in [0.3, 0.4) is 0 Å². The molecule has 2 aliphatic heterocycles. The van der Waals surface area contributed by atoms with Gasteiger partial charge in [-0.05, 0) is 25.1 Å². The fourth-order valence-corrected chi connectivity index (χ4v) is 3.38. The van der Waals surface area contributed by atoms with E-state index < -0.39 is 11.9 Å². The summed E-state index contributed by atoms with van der Waals surface area (Å²) in [7, 11) is 0. The van der Waals surface area contributed by atoms with Gasteiger partial charge in [-0.3, -0.25) is 4.79 Å². The van der Waals surface area contributed by atoms with Crippen molar-refractivity contribution in [1.82, 2.24) is 4.90 Å². The first-order valence-corrected chi connectivity index (χ1v) is 8.43. The SMILES string of the molecule is C[C@@H](Oc1ccc(Cl)cc1Cl)C(=O)N1CCC2(CC1)OCCO2. The number of nitrogens with zero attached hydrogens (tertiary/aromatic N) is 1. The van der Waals surface area contributed by atoms with Crippen molar-refractivity contribution in [2.24, 2.45) is 0 Å². The van der Waals surface area contributed by atoms with Crippen LogP contribution in [0.15, 0.2) is 18.2 Å². The van der Waals surface area contributed by atoms with E-state index in [1.54, 1.807) is 30.0 Å². The summed E-state index contributed by atoms with van der Waals surface area (Å²) in [6, 6.07) is 4.94. The molecule has 1 atom stereocenters. The first kappa shape index (κ1) is 16.8. The van der Waals surface area contributed by atoms with Gasteiger partial charge in [0.05, 0.1) is 18.2 Å². The van der Waals surface area contributed by atoms with Gasteiger partial charge in [0.1, 0.15) is 5.75 Å². The van der Waals surface area contributed by atoms with Crippen molar-refractivity contribution in [1.29, 1.82) is 0 Å². The quantitative estimate of drug-likeness (QED) is 0.831. The number of amides is 1. The molecule has 1 aromatic carbocycles. The zero-order valence-electron chi connectivity index (χ0n) is 12.9. The second-order valence-corrected chi connectivity index (χ2v) is 6.61. The molecule has 0 unspecified atom stereocenters. The smallest absolute Gasteiger partial charge is 0.263 e. The monoisotopic (exact) mass is 359 g/mol. The normalized spacial score (nSPS) is 21.4. The topological polar surface area (TPSA) is 48.0 Å². The van der Waals surface area contributed by atoms with Crippen molar-refractivity contribution >= 4 is 29.1 Å². The van der Waals surface area contributed by atoms with E-state index in [1.165, 1.54) is 0 Å². The van der Waals surface area contributed by atoms with Crippen LogP contribution in [0.25, 0.3) is 0 Å². The first-order chi connectivity index (χ1) is 11.0. The Morgan fingerprint density at radius 3 is 2.52 bits per heavy atom. The van der Waals surface area contributed by atoms with Gasteiger partial charge in [-0.1, -0.05) is 23.2 Å². The highest BCUT2D eigenvalue weighted by Gasteiger charge is 2.41. The number of ether oxygens (including phenoxy) is 3. The van der Waals surface area contributed by atoms with Gasteiger partial charge in [0.25, 0.3) is 5.91 Å². The molecule has 2 heterocycles. The molecule has 5 nitrogen and oxygen atoms in total. The van der Waals surface area contributed by atoms with Gasteiger partial charge in [-0.25, -0.2) is 0 Å². The molecule has 7 heteroatoms. The number of hydrogen-bond donors (Lipinski definition) is 0. The molecule has 2 aliphatic rings. The maximum absolute atomic E-state index is 12.5. The molecule has 0 bridgehead atoms. The Balaban J connectivity index is 1.57. The molecule has 3 rings (SSSR count). The van der Waals surface area contributed by atoms with Gasteiger partial charge < -0.3 is 19.1 Å². The third-order valence-corrected chi connectivity index (χ3v) is 4.73. The number of benzene rings is 1. The molecule has 1 spiro atoms. The molecule has 2 fully saturated rings. The molecule has 126 valence electrons. The molecule has 0 aliphatic carbocycles. The number of piperidine rings is 1. The Bertz CT molecular complexity index is 579. The summed E-state index contributed by atoms with van der Waals surface area (Å²) in [5, 5.41) is 0.918. The van der Waals surface area contributed by atoms with Crippen LogP contribution in [-0.2, 0) is 14.3 Å². The van der Waals surface area contributed by atoms with Crippen molar-refractivity contribution in [2.75, 3.05) is 26.3 Å². The number of halogens is 2. The van der Waals surface area contributed by atoms with Crippen molar-refractivity contribution in [3.05, 3.63) is 28.2 Å². The molecular weight excluding hydrogens is 341 g/mol. The van der Waals surface area contributed by atoms with Crippen LogP contribution >= 0.6 is 23.2 Å². The van der Waals surface area contributed by atoms with Crippen molar-refractivity contribution in [3.63, 3.8) is 0 Å². The second kappa shape index (κ2) is 6.85. The van der Waals surface area contributed by atoms with Gasteiger partial charge in [0.2, 0.25) is 0 Å². The molecule has 0 aromatic heterocycles. The highest BCUT2D eigenvalue weighted by Crippen LogP contribution is 2.32. The van der Waals surface area contributed by atoms with E-state index in [-0.39, 0.29) is 5.91 Å². The highest BCUT2D eigenvalue weighted by molar-refractivity contribution is 6.35. The zero-order valence-corrected chi connectivity index (χ0v) is 14.4. The summed E-state index contributed by atoms with van der Waals surface area (Å²) in [5.74, 6) is -0.0999. The minimum atomic E-state index is -0.617. The van der Waals surface area contributed by atoms with E-state index in [1.807, 2.05) is 0 Å². The van der Waals surface area contributed by atoms with Gasteiger partial charge in [0.15, 0.2) is 11.9 Å². The first-order valence-electron chi connectivity index (χ1n) is 7.67. The number of carbonyl (C=O) groups is 1. The average molecular weight is 360 g/mol. The summed E-state index contributed by atoms with van der Waals surface area (Å²) < 4.78 is 17.0. The lowest BCUT2D eigenvalue weighted by Crippen LogP contribution is -2.50. The fraction of sp³-hybridized carbons (Fsp3) is 0.562. The van der Waals surface area contributed by atoms with Crippen molar-refractivity contribution in [2.45, 2.75) is 31.7 Å². The Hall–Kier alpha value is -1.01. The standard InChI is InChI=1S/C16H19Cl2NO4/c1-11(23-14-3-2-12(17)10-13(14)18)15(20)19-6-4-16(5-7-19)21-8-9-22-16/h2-3,10-11H,4-9H2,1H3/t11-/m1/s1. The Morgan fingerprint density at radius 2 is 1.91 bits per heavy atom. The molecular formula is C16H19Cl2NO4. The van der Waals surface area contributed by atoms with Crippen molar-refractivity contribution < 1.29 is 19.0 Å². The summed E-state index contributed by atoms with van der Waals surface area (Å²) >= 11 is 11.9. The molecule has 2 saturated heterocycles. The Labute approximate surface area is 145 Å². The Morgan fingerprint density at radius 1 is 1.26 bits per heavy atom. The van der Waals surface area contributed by atoms with E-state index >= 15 is 0 Å². The summed E-state index contributed by atoms with van der Waals surface area (Å²) in [6.45, 7) is 4.17. The second-order valence-electron chi connectivity index (χ2n) is 5.77. The zero-order chi connectivity index (χ0) is 16.4. The lowest BCUT2D eigenvalue weighted by Gasteiger charge is -2.38. The number of likely N-dealkylation sites (tertiary alicyclic amines) is 1. The predicted molar refractivity (Wildman–Crippen MR) is 87.0 cm³/mol. The predicted octanol–water partition coefficient (Wildman–Crippen LogP) is 3.13. The average Bonchev–Trinajstić information content (AvgIpc) is 2.98. The highest BCUT2D eigenvalue weighted by atomic mass is 35.5. The lowest BCUT2D eigenvalue weighted by molar-refractivity contribution is -0.188. The molecule has 0 radical (unpaired) electrons. The fourth-order valence-electron chi connectivity index (χ4n) is 2.92. The summed E-state index contributed by atoms with van der Waals surface area (Å²) in [4.78, 5) is 14.3. The van der Waals surface area contributed by atoms with Gasteiger partial charge >= 0.3 is 0 Å². The van der Waals surface area contributed by atoms with E-state index in [4.69, 9.17) is 37.4 Å². The van der Waals surface area contributed by atoms with E-state index in [9.17, 15) is 4.79 Å². The molecule has 0 N–H and O–H groups in total. The lowest BCUT2D eigenvalue weighted by atomic mass is 10.0. The van der Waals surface area contributed by atoms with Crippen LogP contribution in [0.1, 0.15) is 19.8 Å². The van der Waals surface area contributed by atoms with Gasteiger partial charge in [-0.2, -0.15) is 0 Å². The van der Waals surface area contributed by atoms with E-state index in [2.05, 4.69) is 0 Å². The maximum atomic E-state index is 12.5. The molecule has 23 heavy (non-hydrogen) atoms. The third-order valence-electron chi connectivity index (χ3n) is 4.20. The van der Waals surface area contributed by atoms with Gasteiger partial charge in [-0.15, -0.1) is 0 Å². The molecule has 0 saturated carbocycles. The van der Waals surface area contributed by atoms with Crippen LogP contribution in [0.2, 0.25) is 10.0 Å². The minimum Gasteiger partial charge on any atom is -0.479 e. The molecule has 1 amide bonds. The van der Waals surface area contributed by atoms with Crippen LogP contribution in [0, 0.1) is 0 Å².